The van der Waals surface area contributed by atoms with Gasteiger partial charge in [0.2, 0.25) is 0 Å². The van der Waals surface area contributed by atoms with E-state index in [1.54, 1.807) is 24.3 Å². The van der Waals surface area contributed by atoms with Crippen molar-refractivity contribution in [2.24, 2.45) is 0 Å². The summed E-state index contributed by atoms with van der Waals surface area (Å²) in [5.74, 6) is 0.158. The minimum absolute atomic E-state index is 0.156. The van der Waals surface area contributed by atoms with Gasteiger partial charge >= 0.3 is 0 Å². The predicted octanol–water partition coefficient (Wildman–Crippen LogP) is 3.88. The molecule has 5 heteroatoms. The quantitative estimate of drug-likeness (QED) is 0.399. The second kappa shape index (κ2) is 11.1. The van der Waals surface area contributed by atoms with Crippen molar-refractivity contribution in [2.45, 2.75) is 38.2 Å². The van der Waals surface area contributed by atoms with E-state index in [0.29, 0.717) is 5.56 Å². The van der Waals surface area contributed by atoms with Gasteiger partial charge in [-0.15, -0.1) is 0 Å². The third-order valence-electron chi connectivity index (χ3n) is 5.41. The lowest BCUT2D eigenvalue weighted by molar-refractivity contribution is 0.00334. The van der Waals surface area contributed by atoms with Crippen molar-refractivity contribution >= 4 is 0 Å². The molecule has 0 aliphatic rings. The molecule has 0 saturated carbocycles. The van der Waals surface area contributed by atoms with Crippen LogP contribution in [0.1, 0.15) is 41.4 Å². The van der Waals surface area contributed by atoms with Gasteiger partial charge in [0.25, 0.3) is 0 Å². The summed E-state index contributed by atoms with van der Waals surface area (Å²) >= 11 is 0. The van der Waals surface area contributed by atoms with Gasteiger partial charge in [0.15, 0.2) is 0 Å². The Hall–Kier alpha value is -2.70. The Labute approximate surface area is 184 Å². The number of benzene rings is 3. The number of phenols is 1. The first kappa shape index (κ1) is 23.0. The SMILES string of the molecule is Cc1ccccc1C(OCC(O)CNC(C)C(O)c1ccc(O)cc1)c1ccccc1. The Morgan fingerprint density at radius 1 is 0.839 bits per heavy atom. The summed E-state index contributed by atoms with van der Waals surface area (Å²) in [7, 11) is 0. The van der Waals surface area contributed by atoms with Crippen molar-refractivity contribution < 1.29 is 20.1 Å². The summed E-state index contributed by atoms with van der Waals surface area (Å²) in [5, 5.41) is 33.5. The van der Waals surface area contributed by atoms with Gasteiger partial charge in [0.1, 0.15) is 11.9 Å². The lowest BCUT2D eigenvalue weighted by atomic mass is 9.97. The number of aromatic hydroxyl groups is 1. The zero-order valence-electron chi connectivity index (χ0n) is 18.0. The standard InChI is InChI=1S/C26H31NO4/c1-18-8-6-7-11-24(18)26(21-9-4-3-5-10-21)31-17-23(29)16-27-19(2)25(30)20-12-14-22(28)15-13-20/h3-15,19,23,25-30H,16-17H2,1-2H3. The van der Waals surface area contributed by atoms with Crippen molar-refractivity contribution in [3.05, 3.63) is 101 Å². The molecule has 0 aromatic heterocycles. The molecule has 0 heterocycles. The minimum Gasteiger partial charge on any atom is -0.508 e. The van der Waals surface area contributed by atoms with E-state index in [2.05, 4.69) is 18.3 Å². The normalized spacial score (nSPS) is 15.2. The second-order valence-electron chi connectivity index (χ2n) is 7.87. The Bertz CT molecular complexity index is 930. The van der Waals surface area contributed by atoms with Gasteiger partial charge in [-0.2, -0.15) is 0 Å². The van der Waals surface area contributed by atoms with Gasteiger partial charge in [0.05, 0.1) is 18.8 Å². The van der Waals surface area contributed by atoms with Crippen LogP contribution in [0, 0.1) is 6.92 Å². The van der Waals surface area contributed by atoms with E-state index in [1.807, 2.05) is 55.5 Å². The molecule has 5 nitrogen and oxygen atoms in total. The van der Waals surface area contributed by atoms with Crippen LogP contribution in [0.15, 0.2) is 78.9 Å². The monoisotopic (exact) mass is 421 g/mol. The molecule has 0 radical (unpaired) electrons. The van der Waals surface area contributed by atoms with E-state index < -0.39 is 12.2 Å². The molecule has 3 rings (SSSR count). The van der Waals surface area contributed by atoms with Gasteiger partial charge in [-0.1, -0.05) is 66.7 Å². The molecular formula is C26H31NO4. The molecule has 0 saturated heterocycles. The van der Waals surface area contributed by atoms with Crippen molar-refractivity contribution in [1.82, 2.24) is 5.32 Å². The topological polar surface area (TPSA) is 82.0 Å². The molecule has 4 unspecified atom stereocenters. The number of aliphatic hydroxyl groups is 2. The first-order valence-electron chi connectivity index (χ1n) is 10.6. The molecule has 0 bridgehead atoms. The number of ether oxygens (including phenoxy) is 1. The van der Waals surface area contributed by atoms with Crippen LogP contribution >= 0.6 is 0 Å². The third kappa shape index (κ3) is 6.39. The number of nitrogens with one attached hydrogen (secondary N) is 1. The number of rotatable bonds is 10. The Morgan fingerprint density at radius 2 is 1.48 bits per heavy atom. The van der Waals surface area contributed by atoms with Gasteiger partial charge in [-0.05, 0) is 48.2 Å². The summed E-state index contributed by atoms with van der Waals surface area (Å²) in [6.45, 7) is 4.35. The first-order valence-corrected chi connectivity index (χ1v) is 10.6. The highest BCUT2D eigenvalue weighted by atomic mass is 16.5. The van der Waals surface area contributed by atoms with Crippen molar-refractivity contribution in [3.63, 3.8) is 0 Å². The minimum atomic E-state index is -0.752. The van der Waals surface area contributed by atoms with E-state index in [-0.39, 0.29) is 31.0 Å². The predicted molar refractivity (Wildman–Crippen MR) is 122 cm³/mol. The summed E-state index contributed by atoms with van der Waals surface area (Å²) in [6.07, 6.45) is -1.75. The van der Waals surface area contributed by atoms with Gasteiger partial charge in [-0.25, -0.2) is 0 Å². The molecule has 164 valence electrons. The van der Waals surface area contributed by atoms with E-state index in [4.69, 9.17) is 4.74 Å². The molecule has 31 heavy (non-hydrogen) atoms. The fraction of sp³-hybridized carbons (Fsp3) is 0.308. The molecule has 0 aliphatic carbocycles. The van der Waals surface area contributed by atoms with Crippen LogP contribution in [0.4, 0.5) is 0 Å². The van der Waals surface area contributed by atoms with Gasteiger partial charge in [-0.3, -0.25) is 0 Å². The van der Waals surface area contributed by atoms with E-state index >= 15 is 0 Å². The zero-order valence-corrected chi connectivity index (χ0v) is 18.0. The molecule has 3 aromatic rings. The fourth-order valence-electron chi connectivity index (χ4n) is 3.53. The van der Waals surface area contributed by atoms with Crippen LogP contribution in [0.3, 0.4) is 0 Å². The van der Waals surface area contributed by atoms with Crippen LogP contribution in [-0.2, 0) is 4.74 Å². The Balaban J connectivity index is 1.58. The summed E-state index contributed by atoms with van der Waals surface area (Å²) in [5.41, 5.74) is 3.94. The maximum absolute atomic E-state index is 10.5. The highest BCUT2D eigenvalue weighted by molar-refractivity contribution is 5.35. The molecule has 4 atom stereocenters. The average Bonchev–Trinajstić information content (AvgIpc) is 2.79. The largest absolute Gasteiger partial charge is 0.508 e. The number of aliphatic hydroxyl groups excluding tert-OH is 2. The van der Waals surface area contributed by atoms with Crippen LogP contribution in [0.2, 0.25) is 0 Å². The third-order valence-corrected chi connectivity index (χ3v) is 5.41. The van der Waals surface area contributed by atoms with Crippen molar-refractivity contribution in [2.75, 3.05) is 13.2 Å². The van der Waals surface area contributed by atoms with Crippen molar-refractivity contribution in [3.8, 4) is 5.75 Å². The van der Waals surface area contributed by atoms with Crippen molar-refractivity contribution in [1.29, 1.82) is 0 Å². The van der Waals surface area contributed by atoms with E-state index in [9.17, 15) is 15.3 Å². The number of phenolic OH excluding ortho intramolecular Hbond substituents is 1. The fourth-order valence-corrected chi connectivity index (χ4v) is 3.53. The molecule has 0 fully saturated rings. The summed E-state index contributed by atoms with van der Waals surface area (Å²) in [4.78, 5) is 0. The molecule has 0 amide bonds. The highest BCUT2D eigenvalue weighted by Crippen LogP contribution is 2.28. The van der Waals surface area contributed by atoms with Gasteiger partial charge < -0.3 is 25.4 Å². The molecule has 0 spiro atoms. The average molecular weight is 422 g/mol. The lowest BCUT2D eigenvalue weighted by Gasteiger charge is -2.25. The Morgan fingerprint density at radius 3 is 2.16 bits per heavy atom. The summed E-state index contributed by atoms with van der Waals surface area (Å²) < 4.78 is 6.17. The maximum atomic E-state index is 10.5. The first-order chi connectivity index (χ1) is 15.0. The zero-order chi connectivity index (χ0) is 22.2. The van der Waals surface area contributed by atoms with Crippen LogP contribution < -0.4 is 5.32 Å². The van der Waals surface area contributed by atoms with Crippen LogP contribution in [-0.4, -0.2) is 40.6 Å². The van der Waals surface area contributed by atoms with Crippen LogP contribution in [0.5, 0.6) is 5.75 Å². The second-order valence-corrected chi connectivity index (χ2v) is 7.87. The summed E-state index contributed by atoms with van der Waals surface area (Å²) in [6, 6.07) is 24.3. The number of hydrogen-bond acceptors (Lipinski definition) is 5. The van der Waals surface area contributed by atoms with E-state index in [1.165, 1.54) is 0 Å². The smallest absolute Gasteiger partial charge is 0.115 e. The van der Waals surface area contributed by atoms with Crippen LogP contribution in [0.25, 0.3) is 0 Å². The molecule has 3 aromatic carbocycles. The highest BCUT2D eigenvalue weighted by Gasteiger charge is 2.20. The number of hydrogen-bond donors (Lipinski definition) is 4. The molecule has 4 N–H and O–H groups in total. The lowest BCUT2D eigenvalue weighted by Crippen LogP contribution is -2.39. The maximum Gasteiger partial charge on any atom is 0.115 e. The molecule has 0 aliphatic heterocycles. The number of aryl methyl sites for hydroxylation is 1. The molecular weight excluding hydrogens is 390 g/mol. The van der Waals surface area contributed by atoms with E-state index in [0.717, 1.165) is 16.7 Å². The van der Waals surface area contributed by atoms with Gasteiger partial charge in [0, 0.05) is 12.6 Å². The Kier molecular flexibility index (Phi) is 8.20.